The van der Waals surface area contributed by atoms with Gasteiger partial charge in [0.2, 0.25) is 0 Å². The molecular weight excluding hydrogens is 372 g/mol. The topological polar surface area (TPSA) is 58.6 Å². The zero-order valence-corrected chi connectivity index (χ0v) is 17.0. The second-order valence-corrected chi connectivity index (χ2v) is 8.65. The van der Waals surface area contributed by atoms with Crippen molar-refractivity contribution in [2.45, 2.75) is 32.6 Å². The summed E-state index contributed by atoms with van der Waals surface area (Å²) in [5.41, 5.74) is 2.69. The number of carbonyl (C=O) groups excluding carboxylic acids is 2. The van der Waals surface area contributed by atoms with Crippen LogP contribution >= 0.6 is 11.3 Å². The van der Waals surface area contributed by atoms with Crippen LogP contribution in [0, 0.1) is 5.92 Å². The fourth-order valence-electron chi connectivity index (χ4n) is 3.90. The third-order valence-corrected chi connectivity index (χ3v) is 6.91. The van der Waals surface area contributed by atoms with Gasteiger partial charge in [-0.15, -0.1) is 11.3 Å². The second kappa shape index (κ2) is 8.45. The largest absolute Gasteiger partial charge is 0.378 e. The van der Waals surface area contributed by atoms with Gasteiger partial charge in [-0.1, -0.05) is 13.3 Å². The molecule has 0 saturated carbocycles. The minimum atomic E-state index is -0.0697. The van der Waals surface area contributed by atoms with Crippen LogP contribution in [-0.4, -0.2) is 43.0 Å². The number of thiophene rings is 1. The normalized spacial score (nSPS) is 19.2. The van der Waals surface area contributed by atoms with Gasteiger partial charge in [0.05, 0.1) is 18.1 Å². The van der Waals surface area contributed by atoms with E-state index in [0.29, 0.717) is 37.6 Å². The molecule has 0 spiro atoms. The van der Waals surface area contributed by atoms with E-state index < -0.39 is 0 Å². The van der Waals surface area contributed by atoms with Crippen LogP contribution in [0.25, 0.3) is 0 Å². The fraction of sp³-hybridized carbons (Fsp3) is 0.455. The number of nitrogens with zero attached hydrogens (tertiary/aromatic N) is 1. The third-order valence-electron chi connectivity index (χ3n) is 5.67. The molecular formula is C22H26N2O3S. The Hall–Kier alpha value is -2.18. The molecule has 0 radical (unpaired) electrons. The number of hydrogen-bond donors (Lipinski definition) is 1. The number of amides is 2. The summed E-state index contributed by atoms with van der Waals surface area (Å²) >= 11 is 1.62. The monoisotopic (exact) mass is 398 g/mol. The average Bonchev–Trinajstić information content (AvgIpc) is 3.18. The van der Waals surface area contributed by atoms with Crippen LogP contribution in [0.15, 0.2) is 30.3 Å². The number of ether oxygens (including phenoxy) is 1. The van der Waals surface area contributed by atoms with Gasteiger partial charge >= 0.3 is 0 Å². The first-order valence-electron chi connectivity index (χ1n) is 10.0. The van der Waals surface area contributed by atoms with Gasteiger partial charge < -0.3 is 15.0 Å². The molecule has 148 valence electrons. The van der Waals surface area contributed by atoms with Crippen molar-refractivity contribution in [2.24, 2.45) is 5.92 Å². The molecule has 0 bridgehead atoms. The molecule has 1 N–H and O–H groups in total. The molecule has 5 nitrogen and oxygen atoms in total. The van der Waals surface area contributed by atoms with E-state index in [4.69, 9.17) is 4.74 Å². The second-order valence-electron chi connectivity index (χ2n) is 7.51. The lowest BCUT2D eigenvalue weighted by Gasteiger charge is -2.26. The number of carbonyl (C=O) groups is 2. The van der Waals surface area contributed by atoms with Crippen molar-refractivity contribution < 1.29 is 14.3 Å². The SMILES string of the molecule is CC[C@H]1CCc2sc(C(=O)Nc3ccc(C(=O)N4CCOCC4)cc3)cc2C1. The molecule has 1 saturated heterocycles. The molecule has 2 amide bonds. The highest BCUT2D eigenvalue weighted by Crippen LogP contribution is 2.33. The van der Waals surface area contributed by atoms with Crippen molar-refractivity contribution in [2.75, 3.05) is 31.6 Å². The molecule has 1 aliphatic carbocycles. The maximum absolute atomic E-state index is 12.7. The highest BCUT2D eigenvalue weighted by molar-refractivity contribution is 7.14. The summed E-state index contributed by atoms with van der Waals surface area (Å²) in [6.07, 6.45) is 4.61. The molecule has 1 aromatic heterocycles. The predicted molar refractivity (Wildman–Crippen MR) is 111 cm³/mol. The van der Waals surface area contributed by atoms with Gasteiger partial charge in [0, 0.05) is 29.2 Å². The minimum absolute atomic E-state index is 0.0117. The van der Waals surface area contributed by atoms with Crippen LogP contribution < -0.4 is 5.32 Å². The van der Waals surface area contributed by atoms with Crippen molar-refractivity contribution in [1.29, 1.82) is 0 Å². The van der Waals surface area contributed by atoms with Crippen LogP contribution in [0.5, 0.6) is 0 Å². The van der Waals surface area contributed by atoms with Crippen LogP contribution in [0.3, 0.4) is 0 Å². The first-order chi connectivity index (χ1) is 13.6. The Morgan fingerprint density at radius 3 is 2.68 bits per heavy atom. The Morgan fingerprint density at radius 2 is 1.96 bits per heavy atom. The van der Waals surface area contributed by atoms with E-state index in [1.807, 2.05) is 0 Å². The fourth-order valence-corrected chi connectivity index (χ4v) is 5.00. The lowest BCUT2D eigenvalue weighted by Crippen LogP contribution is -2.40. The van der Waals surface area contributed by atoms with Gasteiger partial charge in [-0.25, -0.2) is 0 Å². The Kier molecular flexibility index (Phi) is 5.78. The number of morpholine rings is 1. The van der Waals surface area contributed by atoms with E-state index in [1.165, 1.54) is 23.3 Å². The summed E-state index contributed by atoms with van der Waals surface area (Å²) in [6.45, 7) is 4.66. The number of rotatable bonds is 4. The number of anilines is 1. The molecule has 0 unspecified atom stereocenters. The molecule has 2 aromatic rings. The Labute approximate surface area is 169 Å². The van der Waals surface area contributed by atoms with Gasteiger partial charge in [-0.3, -0.25) is 9.59 Å². The third kappa shape index (κ3) is 4.13. The van der Waals surface area contributed by atoms with Gasteiger partial charge in [0.25, 0.3) is 11.8 Å². The molecule has 4 rings (SSSR count). The first kappa shape index (κ1) is 19.2. The molecule has 2 aliphatic rings. The highest BCUT2D eigenvalue weighted by Gasteiger charge is 2.22. The summed E-state index contributed by atoms with van der Waals surface area (Å²) in [6, 6.07) is 9.21. The molecule has 2 heterocycles. The minimum Gasteiger partial charge on any atom is -0.378 e. The number of fused-ring (bicyclic) bond motifs is 1. The number of benzene rings is 1. The molecule has 1 atom stereocenters. The smallest absolute Gasteiger partial charge is 0.265 e. The van der Waals surface area contributed by atoms with Gasteiger partial charge in [-0.2, -0.15) is 0 Å². The van der Waals surface area contributed by atoms with Crippen molar-refractivity contribution >= 4 is 28.8 Å². The highest BCUT2D eigenvalue weighted by atomic mass is 32.1. The van der Waals surface area contributed by atoms with Gasteiger partial charge in [0.15, 0.2) is 0 Å². The lowest BCUT2D eigenvalue weighted by molar-refractivity contribution is 0.0303. The van der Waals surface area contributed by atoms with Crippen LogP contribution in [0.2, 0.25) is 0 Å². The van der Waals surface area contributed by atoms with Gasteiger partial charge in [-0.05, 0) is 61.1 Å². The zero-order chi connectivity index (χ0) is 19.5. The number of hydrogen-bond acceptors (Lipinski definition) is 4. The Balaban J connectivity index is 1.40. The van der Waals surface area contributed by atoms with Gasteiger partial charge in [0.1, 0.15) is 0 Å². The molecule has 1 aliphatic heterocycles. The van der Waals surface area contributed by atoms with Crippen molar-refractivity contribution in [1.82, 2.24) is 4.90 Å². The van der Waals surface area contributed by atoms with Crippen molar-refractivity contribution in [3.63, 3.8) is 0 Å². The maximum Gasteiger partial charge on any atom is 0.265 e. The molecule has 1 fully saturated rings. The summed E-state index contributed by atoms with van der Waals surface area (Å²) in [5, 5.41) is 2.96. The summed E-state index contributed by atoms with van der Waals surface area (Å²) in [4.78, 5) is 29.1. The van der Waals surface area contributed by atoms with Crippen molar-refractivity contribution in [3.05, 3.63) is 51.2 Å². The predicted octanol–water partition coefficient (Wildman–Crippen LogP) is 3.99. The van der Waals surface area contributed by atoms with Crippen LogP contribution in [-0.2, 0) is 17.6 Å². The van der Waals surface area contributed by atoms with Crippen LogP contribution in [0.1, 0.15) is 50.2 Å². The van der Waals surface area contributed by atoms with E-state index >= 15 is 0 Å². The molecule has 1 aromatic carbocycles. The van der Waals surface area contributed by atoms with Crippen molar-refractivity contribution in [3.8, 4) is 0 Å². The van der Waals surface area contributed by atoms with E-state index in [1.54, 1.807) is 40.5 Å². The number of aryl methyl sites for hydroxylation is 1. The summed E-state index contributed by atoms with van der Waals surface area (Å²) in [7, 11) is 0. The van der Waals surface area contributed by atoms with Crippen LogP contribution in [0.4, 0.5) is 5.69 Å². The van der Waals surface area contributed by atoms with E-state index in [9.17, 15) is 9.59 Å². The first-order valence-corrected chi connectivity index (χ1v) is 10.9. The molecule has 28 heavy (non-hydrogen) atoms. The Bertz CT molecular complexity index is 853. The number of nitrogens with one attached hydrogen (secondary N) is 1. The average molecular weight is 399 g/mol. The van der Waals surface area contributed by atoms with E-state index in [2.05, 4.69) is 18.3 Å². The summed E-state index contributed by atoms with van der Waals surface area (Å²) in [5.74, 6) is 0.687. The standard InChI is InChI=1S/C22H26N2O3S/c1-2-15-3-8-19-17(13-15)14-20(28-19)21(25)23-18-6-4-16(5-7-18)22(26)24-9-11-27-12-10-24/h4-7,14-15H,2-3,8-13H2,1H3,(H,23,25)/t15-/m0/s1. The Morgan fingerprint density at radius 1 is 1.21 bits per heavy atom. The quantitative estimate of drug-likeness (QED) is 0.847. The summed E-state index contributed by atoms with van der Waals surface area (Å²) < 4.78 is 5.29. The molecule has 6 heteroatoms. The maximum atomic E-state index is 12.7. The lowest BCUT2D eigenvalue weighted by atomic mass is 9.87. The zero-order valence-electron chi connectivity index (χ0n) is 16.2. The van der Waals surface area contributed by atoms with E-state index in [-0.39, 0.29) is 11.8 Å². The van der Waals surface area contributed by atoms with E-state index in [0.717, 1.165) is 23.6 Å².